The van der Waals surface area contributed by atoms with Gasteiger partial charge in [-0.2, -0.15) is 0 Å². The second-order valence-corrected chi connectivity index (χ2v) is 5.74. The van der Waals surface area contributed by atoms with Gasteiger partial charge in [-0.15, -0.1) is 0 Å². The van der Waals surface area contributed by atoms with Crippen LogP contribution in [-0.2, 0) is 6.42 Å². The molecule has 2 rings (SSSR count). The molecule has 1 aromatic rings. The fourth-order valence-corrected chi connectivity index (χ4v) is 2.44. The number of nitrogens with zero attached hydrogens (tertiary/aromatic N) is 2. The molecule has 0 radical (unpaired) electrons. The molecule has 1 aromatic heterocycles. The quantitative estimate of drug-likeness (QED) is 0.932. The Morgan fingerprint density at radius 3 is 2.65 bits per heavy atom. The normalized spacial score (nSPS) is 15.9. The van der Waals surface area contributed by atoms with Gasteiger partial charge in [0.25, 0.3) is 5.56 Å². The summed E-state index contributed by atoms with van der Waals surface area (Å²) in [6.45, 7) is 6.24. The highest BCUT2D eigenvalue weighted by Crippen LogP contribution is 2.19. The van der Waals surface area contributed by atoms with Gasteiger partial charge in [0, 0.05) is 13.1 Å². The van der Waals surface area contributed by atoms with E-state index in [9.17, 15) is 4.79 Å². The number of rotatable bonds is 3. The zero-order valence-corrected chi connectivity index (χ0v) is 11.9. The van der Waals surface area contributed by atoms with Gasteiger partial charge in [-0.05, 0) is 41.1 Å². The molecule has 1 aliphatic heterocycles. The zero-order valence-electron chi connectivity index (χ0n) is 10.3. The van der Waals surface area contributed by atoms with Crippen LogP contribution in [0.1, 0.15) is 32.4 Å². The summed E-state index contributed by atoms with van der Waals surface area (Å²) >= 11 is 3.33. The Labute approximate surface area is 110 Å². The molecule has 1 saturated heterocycles. The summed E-state index contributed by atoms with van der Waals surface area (Å²) in [4.78, 5) is 21.4. The minimum atomic E-state index is -0.0717. The summed E-state index contributed by atoms with van der Waals surface area (Å²) in [7, 11) is 0. The van der Waals surface area contributed by atoms with Gasteiger partial charge in [0.1, 0.15) is 4.47 Å². The number of nitrogens with one attached hydrogen (secondary N) is 1. The maximum absolute atomic E-state index is 11.8. The van der Waals surface area contributed by atoms with E-state index in [1.54, 1.807) is 0 Å². The van der Waals surface area contributed by atoms with Gasteiger partial charge in [0.2, 0.25) is 5.95 Å². The van der Waals surface area contributed by atoms with Crippen molar-refractivity contribution in [2.75, 3.05) is 18.0 Å². The molecule has 0 spiro atoms. The lowest BCUT2D eigenvalue weighted by atomic mass is 10.1. The van der Waals surface area contributed by atoms with Gasteiger partial charge >= 0.3 is 0 Å². The summed E-state index contributed by atoms with van der Waals surface area (Å²) in [6.07, 6.45) is 3.18. The van der Waals surface area contributed by atoms with Gasteiger partial charge in [0.15, 0.2) is 0 Å². The highest BCUT2D eigenvalue weighted by molar-refractivity contribution is 9.10. The Hall–Kier alpha value is -0.840. The Morgan fingerprint density at radius 1 is 1.41 bits per heavy atom. The third kappa shape index (κ3) is 2.89. The lowest BCUT2D eigenvalue weighted by Crippen LogP contribution is -2.25. The number of hydrogen-bond acceptors (Lipinski definition) is 3. The van der Waals surface area contributed by atoms with E-state index < -0.39 is 0 Å². The number of aromatic amines is 1. The van der Waals surface area contributed by atoms with Crippen LogP contribution in [0, 0.1) is 5.92 Å². The molecule has 0 atom stereocenters. The molecular formula is C12H18BrN3O. The Kier molecular flexibility index (Phi) is 3.86. The Morgan fingerprint density at radius 2 is 2.06 bits per heavy atom. The molecular weight excluding hydrogens is 282 g/mol. The first-order chi connectivity index (χ1) is 8.08. The van der Waals surface area contributed by atoms with E-state index in [0.717, 1.165) is 31.2 Å². The minimum Gasteiger partial charge on any atom is -0.342 e. The lowest BCUT2D eigenvalue weighted by Gasteiger charge is -2.17. The summed E-state index contributed by atoms with van der Waals surface area (Å²) < 4.78 is 0.578. The molecule has 0 aliphatic carbocycles. The molecule has 4 nitrogen and oxygen atoms in total. The van der Waals surface area contributed by atoms with Crippen molar-refractivity contribution >= 4 is 21.9 Å². The van der Waals surface area contributed by atoms with Crippen molar-refractivity contribution < 1.29 is 0 Å². The predicted octanol–water partition coefficient (Wildman–Crippen LogP) is 2.33. The Balaban J connectivity index is 2.34. The second-order valence-electron chi connectivity index (χ2n) is 4.94. The average molecular weight is 300 g/mol. The first-order valence-electron chi connectivity index (χ1n) is 6.11. The van der Waals surface area contributed by atoms with Crippen molar-refractivity contribution in [2.45, 2.75) is 33.1 Å². The molecule has 1 N–H and O–H groups in total. The van der Waals surface area contributed by atoms with E-state index in [1.807, 2.05) is 0 Å². The van der Waals surface area contributed by atoms with Crippen LogP contribution < -0.4 is 10.5 Å². The van der Waals surface area contributed by atoms with Crippen molar-refractivity contribution in [1.82, 2.24) is 9.97 Å². The molecule has 0 unspecified atom stereocenters. The Bertz CT molecular complexity index is 450. The van der Waals surface area contributed by atoms with E-state index >= 15 is 0 Å². The van der Waals surface area contributed by atoms with Crippen molar-refractivity contribution in [3.8, 4) is 0 Å². The fraction of sp³-hybridized carbons (Fsp3) is 0.667. The number of anilines is 1. The molecule has 0 amide bonds. The van der Waals surface area contributed by atoms with E-state index in [-0.39, 0.29) is 5.56 Å². The van der Waals surface area contributed by atoms with Crippen LogP contribution in [0.15, 0.2) is 9.27 Å². The highest BCUT2D eigenvalue weighted by Gasteiger charge is 2.17. The van der Waals surface area contributed by atoms with Crippen LogP contribution >= 0.6 is 15.9 Å². The maximum Gasteiger partial charge on any atom is 0.266 e. The van der Waals surface area contributed by atoms with Crippen LogP contribution in [0.4, 0.5) is 5.95 Å². The largest absolute Gasteiger partial charge is 0.342 e. The fourth-order valence-electron chi connectivity index (χ4n) is 2.09. The first-order valence-corrected chi connectivity index (χ1v) is 6.91. The van der Waals surface area contributed by atoms with Gasteiger partial charge in [0.05, 0.1) is 5.69 Å². The average Bonchev–Trinajstić information content (AvgIpc) is 2.77. The van der Waals surface area contributed by atoms with Crippen molar-refractivity contribution in [3.63, 3.8) is 0 Å². The number of hydrogen-bond donors (Lipinski definition) is 1. The standard InChI is InChI=1S/C12H18BrN3O/c1-8(2)7-9-10(13)11(17)15-12(14-9)16-5-3-4-6-16/h8H,3-7H2,1-2H3,(H,14,15,17). The third-order valence-corrected chi connectivity index (χ3v) is 3.74. The molecule has 94 valence electrons. The number of halogens is 1. The number of H-pyrrole nitrogens is 1. The minimum absolute atomic E-state index is 0.0717. The van der Waals surface area contributed by atoms with Gasteiger partial charge in [-0.3, -0.25) is 9.78 Å². The zero-order chi connectivity index (χ0) is 12.4. The lowest BCUT2D eigenvalue weighted by molar-refractivity contribution is 0.629. The molecule has 17 heavy (non-hydrogen) atoms. The first kappa shape index (κ1) is 12.6. The van der Waals surface area contributed by atoms with E-state index in [2.05, 4.69) is 44.6 Å². The van der Waals surface area contributed by atoms with E-state index in [4.69, 9.17) is 0 Å². The maximum atomic E-state index is 11.8. The summed E-state index contributed by atoms with van der Waals surface area (Å²) in [5, 5.41) is 0. The van der Waals surface area contributed by atoms with Crippen molar-refractivity contribution in [1.29, 1.82) is 0 Å². The van der Waals surface area contributed by atoms with Gasteiger partial charge < -0.3 is 4.90 Å². The molecule has 1 aliphatic rings. The number of aromatic nitrogens is 2. The molecule has 5 heteroatoms. The smallest absolute Gasteiger partial charge is 0.266 e. The molecule has 1 fully saturated rings. The van der Waals surface area contributed by atoms with Crippen LogP contribution in [0.25, 0.3) is 0 Å². The van der Waals surface area contributed by atoms with Crippen LogP contribution in [0.2, 0.25) is 0 Å². The molecule has 0 saturated carbocycles. The monoisotopic (exact) mass is 299 g/mol. The van der Waals surface area contributed by atoms with E-state index in [0.29, 0.717) is 10.4 Å². The highest BCUT2D eigenvalue weighted by atomic mass is 79.9. The third-order valence-electron chi connectivity index (χ3n) is 2.93. The molecule has 0 bridgehead atoms. The van der Waals surface area contributed by atoms with Gasteiger partial charge in [-0.1, -0.05) is 13.8 Å². The van der Waals surface area contributed by atoms with Crippen LogP contribution in [0.5, 0.6) is 0 Å². The summed E-state index contributed by atoms with van der Waals surface area (Å²) in [6, 6.07) is 0. The topological polar surface area (TPSA) is 49.0 Å². The van der Waals surface area contributed by atoms with Crippen molar-refractivity contribution in [3.05, 3.63) is 20.5 Å². The van der Waals surface area contributed by atoms with Crippen LogP contribution in [0.3, 0.4) is 0 Å². The summed E-state index contributed by atoms with van der Waals surface area (Å²) in [5.41, 5.74) is 0.795. The van der Waals surface area contributed by atoms with Gasteiger partial charge in [-0.25, -0.2) is 4.98 Å². The molecule has 0 aromatic carbocycles. The van der Waals surface area contributed by atoms with Crippen LogP contribution in [-0.4, -0.2) is 23.1 Å². The second kappa shape index (κ2) is 5.21. The SMILES string of the molecule is CC(C)Cc1nc(N2CCCC2)[nH]c(=O)c1Br. The van der Waals surface area contributed by atoms with E-state index in [1.165, 1.54) is 12.8 Å². The molecule has 2 heterocycles. The predicted molar refractivity (Wildman–Crippen MR) is 72.5 cm³/mol. The van der Waals surface area contributed by atoms with Crippen molar-refractivity contribution in [2.24, 2.45) is 5.92 Å². The summed E-state index contributed by atoms with van der Waals surface area (Å²) in [5.74, 6) is 1.22.